The third-order valence-corrected chi connectivity index (χ3v) is 4.50. The number of nitrogens with zero attached hydrogens (tertiary/aromatic N) is 2. The summed E-state index contributed by atoms with van der Waals surface area (Å²) in [6.07, 6.45) is 4.12. The van der Waals surface area contributed by atoms with Gasteiger partial charge in [0, 0.05) is 6.42 Å². The van der Waals surface area contributed by atoms with Crippen molar-refractivity contribution in [2.75, 3.05) is 5.75 Å². The Hall–Kier alpha value is -0.840. The van der Waals surface area contributed by atoms with Crippen LogP contribution in [0.3, 0.4) is 0 Å². The highest BCUT2D eigenvalue weighted by Gasteiger charge is 2.25. The standard InChI is InChI=1S/C12H18N2O2S/c1-3-9(15)8(2)12-13-11(14-16-12)10-6-4-5-7-17-10/h8,10H,3-7H2,1-2H3. The van der Waals surface area contributed by atoms with Gasteiger partial charge in [0.05, 0.1) is 11.2 Å². The van der Waals surface area contributed by atoms with Crippen LogP contribution >= 0.6 is 11.8 Å². The molecule has 0 amide bonds. The van der Waals surface area contributed by atoms with Gasteiger partial charge in [-0.1, -0.05) is 18.5 Å². The van der Waals surface area contributed by atoms with Crippen molar-refractivity contribution < 1.29 is 9.32 Å². The second-order valence-corrected chi connectivity index (χ2v) is 5.70. The molecule has 1 aromatic rings. The maximum absolute atomic E-state index is 11.6. The molecule has 5 heteroatoms. The van der Waals surface area contributed by atoms with Gasteiger partial charge >= 0.3 is 0 Å². The zero-order valence-electron chi connectivity index (χ0n) is 10.3. The first-order valence-corrected chi connectivity index (χ1v) is 7.25. The molecule has 94 valence electrons. The summed E-state index contributed by atoms with van der Waals surface area (Å²) in [6.45, 7) is 3.68. The summed E-state index contributed by atoms with van der Waals surface area (Å²) in [4.78, 5) is 15.9. The van der Waals surface area contributed by atoms with E-state index in [4.69, 9.17) is 4.52 Å². The number of carbonyl (C=O) groups excluding carboxylic acids is 1. The fourth-order valence-electron chi connectivity index (χ4n) is 1.94. The van der Waals surface area contributed by atoms with E-state index in [9.17, 15) is 4.79 Å². The fourth-order valence-corrected chi connectivity index (χ4v) is 3.18. The second-order valence-electron chi connectivity index (χ2n) is 4.39. The van der Waals surface area contributed by atoms with Gasteiger partial charge in [0.15, 0.2) is 5.82 Å². The molecule has 0 spiro atoms. The third-order valence-electron chi connectivity index (χ3n) is 3.13. The molecular formula is C12H18N2O2S. The maximum atomic E-state index is 11.6. The van der Waals surface area contributed by atoms with Gasteiger partial charge in [-0.25, -0.2) is 0 Å². The smallest absolute Gasteiger partial charge is 0.236 e. The number of carbonyl (C=O) groups is 1. The highest BCUT2D eigenvalue weighted by atomic mass is 32.2. The topological polar surface area (TPSA) is 56.0 Å². The van der Waals surface area contributed by atoms with E-state index in [2.05, 4.69) is 10.1 Å². The summed E-state index contributed by atoms with van der Waals surface area (Å²) in [5.41, 5.74) is 0. The molecule has 1 aliphatic rings. The third kappa shape index (κ3) is 2.89. The second kappa shape index (κ2) is 5.67. The maximum Gasteiger partial charge on any atom is 0.236 e. The Morgan fingerprint density at radius 1 is 1.59 bits per heavy atom. The molecule has 2 heterocycles. The predicted octanol–water partition coefficient (Wildman–Crippen LogP) is 3.11. The quantitative estimate of drug-likeness (QED) is 0.826. The Kier molecular flexibility index (Phi) is 4.20. The molecule has 0 aromatic carbocycles. The van der Waals surface area contributed by atoms with Gasteiger partial charge in [-0.15, -0.1) is 0 Å². The van der Waals surface area contributed by atoms with Crippen LogP contribution in [-0.2, 0) is 4.79 Å². The van der Waals surface area contributed by atoms with E-state index in [1.165, 1.54) is 12.8 Å². The Morgan fingerprint density at radius 3 is 3.06 bits per heavy atom. The largest absolute Gasteiger partial charge is 0.339 e. The Labute approximate surface area is 106 Å². The van der Waals surface area contributed by atoms with Crippen molar-refractivity contribution in [3.63, 3.8) is 0 Å². The van der Waals surface area contributed by atoms with E-state index in [0.29, 0.717) is 17.6 Å². The highest BCUT2D eigenvalue weighted by molar-refractivity contribution is 7.99. The minimum atomic E-state index is -0.269. The lowest BCUT2D eigenvalue weighted by Gasteiger charge is -2.17. The molecular weight excluding hydrogens is 236 g/mol. The molecule has 0 saturated carbocycles. The number of hydrogen-bond acceptors (Lipinski definition) is 5. The van der Waals surface area contributed by atoms with Crippen LogP contribution in [0.15, 0.2) is 4.52 Å². The van der Waals surface area contributed by atoms with Crippen molar-refractivity contribution in [2.24, 2.45) is 0 Å². The van der Waals surface area contributed by atoms with Crippen LogP contribution < -0.4 is 0 Å². The number of Topliss-reactive ketones (excluding diaryl/α,β-unsaturated/α-hetero) is 1. The zero-order chi connectivity index (χ0) is 12.3. The van der Waals surface area contributed by atoms with Gasteiger partial charge in [-0.3, -0.25) is 4.79 Å². The van der Waals surface area contributed by atoms with Crippen LogP contribution in [0.4, 0.5) is 0 Å². The van der Waals surface area contributed by atoms with Crippen LogP contribution in [-0.4, -0.2) is 21.7 Å². The highest BCUT2D eigenvalue weighted by Crippen LogP contribution is 2.37. The Bertz CT molecular complexity index is 386. The molecule has 0 bridgehead atoms. The molecule has 1 fully saturated rings. The number of aromatic nitrogens is 2. The van der Waals surface area contributed by atoms with Crippen molar-refractivity contribution in [1.29, 1.82) is 0 Å². The summed E-state index contributed by atoms with van der Waals surface area (Å²) < 4.78 is 5.21. The lowest BCUT2D eigenvalue weighted by Crippen LogP contribution is -2.08. The van der Waals surface area contributed by atoms with Gasteiger partial charge in [0.1, 0.15) is 5.78 Å². The summed E-state index contributed by atoms with van der Waals surface area (Å²) in [5.74, 6) is 2.28. The number of rotatable bonds is 4. The average Bonchev–Trinajstić information content (AvgIpc) is 2.87. The molecule has 0 N–H and O–H groups in total. The minimum Gasteiger partial charge on any atom is -0.339 e. The van der Waals surface area contributed by atoms with Crippen LogP contribution in [0.2, 0.25) is 0 Å². The van der Waals surface area contributed by atoms with Crippen molar-refractivity contribution in [3.8, 4) is 0 Å². The lowest BCUT2D eigenvalue weighted by molar-refractivity contribution is -0.120. The van der Waals surface area contributed by atoms with E-state index in [-0.39, 0.29) is 11.7 Å². The first kappa shape index (κ1) is 12.6. The van der Waals surface area contributed by atoms with Gasteiger partial charge in [0.2, 0.25) is 5.89 Å². The number of ketones is 1. The average molecular weight is 254 g/mol. The molecule has 2 rings (SSSR count). The predicted molar refractivity (Wildman–Crippen MR) is 67.1 cm³/mol. The van der Waals surface area contributed by atoms with Crippen molar-refractivity contribution >= 4 is 17.5 Å². The monoisotopic (exact) mass is 254 g/mol. The molecule has 4 nitrogen and oxygen atoms in total. The van der Waals surface area contributed by atoms with Crippen LogP contribution in [0.5, 0.6) is 0 Å². The molecule has 1 aromatic heterocycles. The Balaban J connectivity index is 2.06. The fraction of sp³-hybridized carbons (Fsp3) is 0.750. The molecule has 0 aliphatic carbocycles. The number of thioether (sulfide) groups is 1. The molecule has 2 atom stereocenters. The first-order chi connectivity index (χ1) is 8.22. The van der Waals surface area contributed by atoms with E-state index in [1.54, 1.807) is 0 Å². The molecule has 17 heavy (non-hydrogen) atoms. The van der Waals surface area contributed by atoms with E-state index in [1.807, 2.05) is 25.6 Å². The van der Waals surface area contributed by atoms with Crippen LogP contribution in [0.1, 0.15) is 62.4 Å². The summed E-state index contributed by atoms with van der Waals surface area (Å²) >= 11 is 1.89. The SMILES string of the molecule is CCC(=O)C(C)c1nc(C2CCCCS2)no1. The molecule has 0 radical (unpaired) electrons. The zero-order valence-corrected chi connectivity index (χ0v) is 11.1. The van der Waals surface area contributed by atoms with Crippen molar-refractivity contribution in [1.82, 2.24) is 10.1 Å². The molecule has 1 saturated heterocycles. The van der Waals surface area contributed by atoms with Gasteiger partial charge < -0.3 is 4.52 Å². The van der Waals surface area contributed by atoms with Gasteiger partial charge in [0.25, 0.3) is 0 Å². The normalized spacial score (nSPS) is 22.4. The van der Waals surface area contributed by atoms with Crippen LogP contribution in [0.25, 0.3) is 0 Å². The van der Waals surface area contributed by atoms with Gasteiger partial charge in [-0.05, 0) is 25.5 Å². The lowest BCUT2D eigenvalue weighted by atomic mass is 10.1. The molecule has 1 aliphatic heterocycles. The first-order valence-electron chi connectivity index (χ1n) is 6.20. The van der Waals surface area contributed by atoms with E-state index in [0.717, 1.165) is 18.0 Å². The summed E-state index contributed by atoms with van der Waals surface area (Å²) in [7, 11) is 0. The van der Waals surface area contributed by atoms with Crippen molar-refractivity contribution in [2.45, 2.75) is 50.7 Å². The summed E-state index contributed by atoms with van der Waals surface area (Å²) in [5, 5.41) is 4.37. The van der Waals surface area contributed by atoms with Gasteiger partial charge in [-0.2, -0.15) is 16.7 Å². The molecule has 2 unspecified atom stereocenters. The minimum absolute atomic E-state index is 0.150. The van der Waals surface area contributed by atoms with E-state index >= 15 is 0 Å². The van der Waals surface area contributed by atoms with E-state index < -0.39 is 0 Å². The van der Waals surface area contributed by atoms with Crippen molar-refractivity contribution in [3.05, 3.63) is 11.7 Å². The van der Waals surface area contributed by atoms with Crippen LogP contribution in [0, 0.1) is 0 Å². The summed E-state index contributed by atoms with van der Waals surface area (Å²) in [6, 6.07) is 0. The number of hydrogen-bond donors (Lipinski definition) is 0. The Morgan fingerprint density at radius 2 is 2.41 bits per heavy atom.